The molecule has 5 aromatic rings. The summed E-state index contributed by atoms with van der Waals surface area (Å²) >= 11 is 6.21. The highest BCUT2D eigenvalue weighted by Crippen LogP contribution is 2.47. The van der Waals surface area contributed by atoms with Gasteiger partial charge < -0.3 is 35.6 Å². The first-order valence-electron chi connectivity index (χ1n) is 14.7. The summed E-state index contributed by atoms with van der Waals surface area (Å²) in [7, 11) is -15.1. The number of fused-ring (bicyclic) bond motifs is 2. The predicted octanol–water partition coefficient (Wildman–Crippen LogP) is 4.95. The van der Waals surface area contributed by atoms with Crippen LogP contribution >= 0.6 is 11.6 Å². The van der Waals surface area contributed by atoms with Crippen LogP contribution in [0.15, 0.2) is 89.7 Å². The third-order valence-electron chi connectivity index (χ3n) is 7.32. The summed E-state index contributed by atoms with van der Waals surface area (Å²) in [5.74, 6) is -2.05. The molecule has 0 aromatic heterocycles. The maximum Gasteiger partial charge on any atom is 0.296 e. The van der Waals surface area contributed by atoms with Gasteiger partial charge in [-0.15, -0.1) is 20.5 Å². The van der Waals surface area contributed by atoms with Crippen LogP contribution in [-0.2, 0) is 30.4 Å². The van der Waals surface area contributed by atoms with E-state index in [9.17, 15) is 59.3 Å². The van der Waals surface area contributed by atoms with Crippen LogP contribution in [0.2, 0.25) is 5.02 Å². The fraction of sp³-hybridized carbons (Fsp3) is 0.133. The van der Waals surface area contributed by atoms with Crippen LogP contribution in [0.5, 0.6) is 23.0 Å². The zero-order chi connectivity index (χ0) is 39.7. The summed E-state index contributed by atoms with van der Waals surface area (Å²) in [6.45, 7) is -1.73. The summed E-state index contributed by atoms with van der Waals surface area (Å²) in [6, 6.07) is 8.95. The summed E-state index contributed by atoms with van der Waals surface area (Å²) in [6.07, 6.45) is 0. The lowest BCUT2D eigenvalue weighted by Crippen LogP contribution is -2.04. The van der Waals surface area contributed by atoms with E-state index < -0.39 is 86.2 Å². The molecule has 54 heavy (non-hydrogen) atoms. The lowest BCUT2D eigenvalue weighted by atomic mass is 10.1. The summed E-state index contributed by atoms with van der Waals surface area (Å²) in [5, 5.41) is 55.4. The molecular weight excluding hydrogens is 802 g/mol. The van der Waals surface area contributed by atoms with Crippen molar-refractivity contribution in [1.82, 2.24) is 0 Å². The molecule has 5 aromatic carbocycles. The van der Waals surface area contributed by atoms with E-state index in [4.69, 9.17) is 26.8 Å². The Balaban J connectivity index is 1.70. The number of nitrogens with two attached hydrogens (primary N) is 1. The van der Waals surface area contributed by atoms with Gasteiger partial charge in [0.1, 0.15) is 57.3 Å². The highest BCUT2D eigenvalue weighted by Gasteiger charge is 2.25. The number of benzene rings is 5. The minimum Gasteiger partial charge on any atom is -0.507 e. The Bertz CT molecular complexity index is 2730. The SMILES string of the molecule is Nc1ccc2c(O)c(/N=N/c3cc(OCCO)c(/N=N/c4ccc(S(=O)(=O)O)c5cc(S(=O)(=O)O)cc(O)c45)cc3OCCO)c(S(=O)(=O)O)cc2c1Cl. The molecule has 0 unspecified atom stereocenters. The number of halogens is 1. The first-order valence-corrected chi connectivity index (χ1v) is 19.4. The number of rotatable bonds is 13. The molecule has 0 amide bonds. The van der Waals surface area contributed by atoms with E-state index in [1.807, 2.05) is 0 Å². The second-order valence-electron chi connectivity index (χ2n) is 10.8. The van der Waals surface area contributed by atoms with Gasteiger partial charge >= 0.3 is 0 Å². The Morgan fingerprint density at radius 1 is 0.630 bits per heavy atom. The topological polar surface area (TPSA) is 338 Å². The normalized spacial score (nSPS) is 12.7. The first kappa shape index (κ1) is 40.0. The average molecular weight is 828 g/mol. The Morgan fingerprint density at radius 2 is 1.19 bits per heavy atom. The molecule has 0 saturated carbocycles. The third kappa shape index (κ3) is 8.28. The van der Waals surface area contributed by atoms with Crippen molar-refractivity contribution >= 4 is 91.9 Å². The molecule has 24 heteroatoms. The van der Waals surface area contributed by atoms with E-state index >= 15 is 0 Å². The molecule has 0 fully saturated rings. The summed E-state index contributed by atoms with van der Waals surface area (Å²) in [4.78, 5) is -2.65. The Labute approximate surface area is 309 Å². The van der Waals surface area contributed by atoms with E-state index in [0.29, 0.717) is 12.1 Å². The molecule has 0 aliphatic heterocycles. The summed E-state index contributed by atoms with van der Waals surface area (Å²) < 4.78 is 113. The maximum absolute atomic E-state index is 12.4. The van der Waals surface area contributed by atoms with Crippen LogP contribution in [-0.4, -0.2) is 85.8 Å². The molecule has 0 heterocycles. The fourth-order valence-electron chi connectivity index (χ4n) is 4.99. The van der Waals surface area contributed by atoms with Crippen molar-refractivity contribution in [2.45, 2.75) is 14.7 Å². The number of nitrogens with zero attached hydrogens (tertiary/aromatic N) is 4. The number of phenolic OH excluding ortho intramolecular Hbond substituents is 2. The Hall–Kier alpha value is -5.24. The van der Waals surface area contributed by atoms with E-state index in [2.05, 4.69) is 20.5 Å². The standard InChI is InChI=1S/C30H26ClN5O15S3/c31-28-16-11-26(54(47,48)49)29(30(40)15(16)1-2-18(28)32)36-35-21-13-23(50-7-5-37)20(12-24(21)51-8-6-38)34-33-19-3-4-25(53(44,45)46)17-9-14(52(41,42)43)10-22(39)27(17)19/h1-4,9-13,37-40H,5-8,32H2,(H,41,42,43)(H,44,45,46)(H,47,48,49)/b34-33+,36-35+. The summed E-state index contributed by atoms with van der Waals surface area (Å²) in [5.41, 5.74) is 4.38. The number of phenols is 2. The van der Waals surface area contributed by atoms with Crippen molar-refractivity contribution in [1.29, 1.82) is 0 Å². The van der Waals surface area contributed by atoms with Crippen molar-refractivity contribution < 1.29 is 68.8 Å². The smallest absolute Gasteiger partial charge is 0.296 e. The van der Waals surface area contributed by atoms with Gasteiger partial charge in [-0.25, -0.2) is 0 Å². The van der Waals surface area contributed by atoms with E-state index in [1.165, 1.54) is 12.1 Å². The predicted molar refractivity (Wildman–Crippen MR) is 190 cm³/mol. The number of aromatic hydroxyl groups is 2. The van der Waals surface area contributed by atoms with Gasteiger partial charge in [-0.2, -0.15) is 25.3 Å². The van der Waals surface area contributed by atoms with E-state index in [-0.39, 0.29) is 63.3 Å². The second-order valence-corrected chi connectivity index (χ2v) is 15.4. The van der Waals surface area contributed by atoms with Crippen LogP contribution < -0.4 is 15.2 Å². The molecule has 286 valence electrons. The lowest BCUT2D eigenvalue weighted by Gasteiger charge is -2.13. The zero-order valence-corrected chi connectivity index (χ0v) is 30.1. The Morgan fingerprint density at radius 3 is 1.72 bits per heavy atom. The van der Waals surface area contributed by atoms with Crippen molar-refractivity contribution in [3.8, 4) is 23.0 Å². The van der Waals surface area contributed by atoms with Crippen LogP contribution in [0.25, 0.3) is 21.5 Å². The van der Waals surface area contributed by atoms with Gasteiger partial charge in [-0.05, 0) is 36.4 Å². The molecule has 20 nitrogen and oxygen atoms in total. The van der Waals surface area contributed by atoms with Gasteiger partial charge in [-0.1, -0.05) is 11.6 Å². The number of aliphatic hydroxyl groups is 2. The van der Waals surface area contributed by atoms with Crippen LogP contribution in [0.3, 0.4) is 0 Å². The molecule has 0 spiro atoms. The number of hydrogen-bond acceptors (Lipinski definition) is 17. The number of hydrogen-bond donors (Lipinski definition) is 8. The molecular formula is C30H26ClN5O15S3. The number of anilines is 1. The fourth-order valence-corrected chi connectivity index (χ4v) is 7.07. The molecule has 0 radical (unpaired) electrons. The molecule has 0 aliphatic carbocycles. The number of azo groups is 2. The second kappa shape index (κ2) is 15.2. The highest BCUT2D eigenvalue weighted by molar-refractivity contribution is 7.86. The molecule has 0 bridgehead atoms. The minimum absolute atomic E-state index is 0.00702. The van der Waals surface area contributed by atoms with E-state index in [0.717, 1.165) is 30.3 Å². The molecule has 0 saturated heterocycles. The van der Waals surface area contributed by atoms with Gasteiger partial charge in [0.25, 0.3) is 30.4 Å². The number of aliphatic hydroxyl groups excluding tert-OH is 2. The number of ether oxygens (including phenoxy) is 2. The van der Waals surface area contributed by atoms with E-state index in [1.54, 1.807) is 0 Å². The van der Waals surface area contributed by atoms with Crippen molar-refractivity contribution in [2.24, 2.45) is 20.5 Å². The maximum atomic E-state index is 12.4. The monoisotopic (exact) mass is 827 g/mol. The van der Waals surface area contributed by atoms with Crippen LogP contribution in [0.1, 0.15) is 0 Å². The quantitative estimate of drug-likeness (QED) is 0.0442. The average Bonchev–Trinajstić information content (AvgIpc) is 3.08. The molecule has 0 aliphatic rings. The first-order chi connectivity index (χ1) is 25.3. The van der Waals surface area contributed by atoms with Gasteiger partial charge in [0.05, 0.1) is 39.9 Å². The number of nitrogen functional groups attached to an aromatic ring is 1. The van der Waals surface area contributed by atoms with Gasteiger partial charge in [0.2, 0.25) is 0 Å². The van der Waals surface area contributed by atoms with Crippen LogP contribution in [0.4, 0.5) is 28.4 Å². The zero-order valence-electron chi connectivity index (χ0n) is 26.9. The highest BCUT2D eigenvalue weighted by atomic mass is 35.5. The molecule has 0 atom stereocenters. The van der Waals surface area contributed by atoms with Gasteiger partial charge in [0, 0.05) is 34.4 Å². The Kier molecular flexibility index (Phi) is 11.3. The van der Waals surface area contributed by atoms with Crippen molar-refractivity contribution in [2.75, 3.05) is 32.2 Å². The van der Waals surface area contributed by atoms with Gasteiger partial charge in [0.15, 0.2) is 5.75 Å². The largest absolute Gasteiger partial charge is 0.507 e. The lowest BCUT2D eigenvalue weighted by molar-refractivity contribution is 0.198. The third-order valence-corrected chi connectivity index (χ3v) is 10.4. The minimum atomic E-state index is -5.07. The molecule has 5 rings (SSSR count). The van der Waals surface area contributed by atoms with Gasteiger partial charge in [-0.3, -0.25) is 13.7 Å². The van der Waals surface area contributed by atoms with Crippen LogP contribution in [0, 0.1) is 0 Å². The van der Waals surface area contributed by atoms with Crippen molar-refractivity contribution in [3.05, 3.63) is 59.6 Å². The molecule has 9 N–H and O–H groups in total. The van der Waals surface area contributed by atoms with Crippen molar-refractivity contribution in [3.63, 3.8) is 0 Å².